The fourth-order valence-corrected chi connectivity index (χ4v) is 3.99. The van der Waals surface area contributed by atoms with E-state index in [1.807, 2.05) is 4.90 Å². The number of alkyl halides is 3. The van der Waals surface area contributed by atoms with E-state index in [1.54, 1.807) is 30.6 Å². The number of morpholine rings is 1. The third kappa shape index (κ3) is 3.42. The molecule has 2 aliphatic rings. The molecule has 1 amide bonds. The van der Waals surface area contributed by atoms with Crippen molar-refractivity contribution in [2.45, 2.75) is 25.1 Å². The van der Waals surface area contributed by atoms with E-state index in [9.17, 15) is 18.0 Å². The number of carbonyl (C=O) groups is 1. The zero-order valence-corrected chi connectivity index (χ0v) is 17.1. The zero-order valence-electron chi connectivity index (χ0n) is 17.1. The van der Waals surface area contributed by atoms with E-state index in [-0.39, 0.29) is 17.7 Å². The first-order valence-electron chi connectivity index (χ1n) is 10.1. The summed E-state index contributed by atoms with van der Waals surface area (Å²) in [4.78, 5) is 19.2. The van der Waals surface area contributed by atoms with Crippen LogP contribution in [0.2, 0.25) is 0 Å². The Kier molecular flexibility index (Phi) is 4.73. The minimum Gasteiger partial charge on any atom is -0.477 e. The van der Waals surface area contributed by atoms with Gasteiger partial charge in [-0.25, -0.2) is 9.50 Å². The second kappa shape index (κ2) is 7.37. The van der Waals surface area contributed by atoms with Crippen LogP contribution in [0.4, 0.5) is 24.5 Å². The molecule has 2 aliphatic heterocycles. The second-order valence-corrected chi connectivity index (χ2v) is 7.98. The van der Waals surface area contributed by atoms with Crippen LogP contribution in [0, 0.1) is 0 Å². The Bertz CT molecular complexity index is 1190. The van der Waals surface area contributed by atoms with E-state index < -0.39 is 17.7 Å². The molecule has 0 aliphatic carbocycles. The van der Waals surface area contributed by atoms with Crippen LogP contribution in [0.15, 0.2) is 36.8 Å². The number of rotatable bonds is 3. The minimum absolute atomic E-state index is 0.168. The molecule has 0 spiro atoms. The van der Waals surface area contributed by atoms with Gasteiger partial charge in [-0.1, -0.05) is 0 Å². The van der Waals surface area contributed by atoms with Gasteiger partial charge in [0.25, 0.3) is 5.91 Å². The Morgan fingerprint density at radius 1 is 1.25 bits per heavy atom. The molecule has 32 heavy (non-hydrogen) atoms. The quantitative estimate of drug-likeness (QED) is 0.665. The highest BCUT2D eigenvalue weighted by molar-refractivity contribution is 6.09. The first kappa shape index (κ1) is 20.6. The number of halogens is 3. The summed E-state index contributed by atoms with van der Waals surface area (Å²) in [5, 5.41) is 6.97. The normalized spacial score (nSPS) is 20.8. The molecule has 1 atom stereocenters. The summed E-state index contributed by atoms with van der Waals surface area (Å²) in [6, 6.07) is 4.83. The molecule has 0 saturated carbocycles. The van der Waals surface area contributed by atoms with E-state index in [0.717, 1.165) is 6.92 Å². The zero-order chi connectivity index (χ0) is 22.5. The molecule has 1 fully saturated rings. The highest BCUT2D eigenvalue weighted by Crippen LogP contribution is 2.47. The number of aromatic nitrogens is 3. The lowest BCUT2D eigenvalue weighted by Gasteiger charge is -2.31. The third-order valence-corrected chi connectivity index (χ3v) is 5.77. The van der Waals surface area contributed by atoms with Gasteiger partial charge in [-0.2, -0.15) is 18.3 Å². The number of anilines is 2. The number of carbonyl (C=O) groups excluding carboxylic acids is 1. The Balaban J connectivity index is 1.52. The number of hydrogen-bond donors (Lipinski definition) is 1. The third-order valence-electron chi connectivity index (χ3n) is 5.77. The first-order valence-corrected chi connectivity index (χ1v) is 10.1. The van der Waals surface area contributed by atoms with Crippen LogP contribution in [-0.2, 0) is 11.2 Å². The predicted molar refractivity (Wildman–Crippen MR) is 109 cm³/mol. The smallest absolute Gasteiger partial charge is 0.428 e. The molecule has 3 aromatic rings. The maximum Gasteiger partial charge on any atom is 0.428 e. The summed E-state index contributed by atoms with van der Waals surface area (Å²) in [7, 11) is 0. The Labute approximate surface area is 180 Å². The van der Waals surface area contributed by atoms with E-state index in [4.69, 9.17) is 9.47 Å². The highest BCUT2D eigenvalue weighted by Gasteiger charge is 2.57. The van der Waals surface area contributed by atoms with E-state index in [0.29, 0.717) is 48.9 Å². The summed E-state index contributed by atoms with van der Waals surface area (Å²) in [6.07, 6.45) is -0.238. The summed E-state index contributed by atoms with van der Waals surface area (Å²) in [6.45, 7) is 3.06. The largest absolute Gasteiger partial charge is 0.477 e. The number of nitrogens with one attached hydrogen (secondary N) is 1. The van der Waals surface area contributed by atoms with Crippen LogP contribution in [0.3, 0.4) is 0 Å². The van der Waals surface area contributed by atoms with Gasteiger partial charge in [0.1, 0.15) is 11.3 Å². The van der Waals surface area contributed by atoms with E-state index in [1.165, 1.54) is 10.7 Å². The van der Waals surface area contributed by atoms with Crippen molar-refractivity contribution in [3.05, 3.63) is 47.9 Å². The first-order chi connectivity index (χ1) is 15.2. The van der Waals surface area contributed by atoms with Crippen molar-refractivity contribution in [2.75, 3.05) is 36.5 Å². The van der Waals surface area contributed by atoms with Crippen LogP contribution < -0.4 is 15.0 Å². The molecular formula is C21H20F3N5O3. The summed E-state index contributed by atoms with van der Waals surface area (Å²) >= 11 is 0. The molecule has 1 saturated heterocycles. The topological polar surface area (TPSA) is 81.0 Å². The summed E-state index contributed by atoms with van der Waals surface area (Å²) < 4.78 is 52.9. The van der Waals surface area contributed by atoms with Crippen molar-refractivity contribution < 1.29 is 27.4 Å². The molecule has 1 unspecified atom stereocenters. The number of benzene rings is 1. The number of nitrogens with zero attached hydrogens (tertiary/aromatic N) is 4. The van der Waals surface area contributed by atoms with Crippen molar-refractivity contribution in [1.29, 1.82) is 0 Å². The number of hydrogen-bond acceptors (Lipinski definition) is 6. The molecule has 0 bridgehead atoms. The van der Waals surface area contributed by atoms with Gasteiger partial charge in [0.2, 0.25) is 5.60 Å². The molecule has 0 radical (unpaired) electrons. The van der Waals surface area contributed by atoms with Gasteiger partial charge >= 0.3 is 6.18 Å². The SMILES string of the molecule is CC1(C(F)(F)F)Cc2cc(NC(=O)c3cnn4cccnc34)c(N3CCOCC3)cc2O1. The maximum absolute atomic E-state index is 13.6. The molecule has 168 valence electrons. The molecule has 1 aromatic carbocycles. The fourth-order valence-electron chi connectivity index (χ4n) is 3.99. The molecule has 5 rings (SSSR count). The average molecular weight is 447 g/mol. The van der Waals surface area contributed by atoms with E-state index in [2.05, 4.69) is 15.4 Å². The molecule has 2 aromatic heterocycles. The van der Waals surface area contributed by atoms with Crippen molar-refractivity contribution in [2.24, 2.45) is 0 Å². The van der Waals surface area contributed by atoms with Gasteiger partial charge in [-0.15, -0.1) is 0 Å². The fraction of sp³-hybridized carbons (Fsp3) is 0.381. The van der Waals surface area contributed by atoms with Gasteiger partial charge in [0.05, 0.1) is 30.8 Å². The van der Waals surface area contributed by atoms with E-state index >= 15 is 0 Å². The highest BCUT2D eigenvalue weighted by atomic mass is 19.4. The second-order valence-electron chi connectivity index (χ2n) is 7.98. The summed E-state index contributed by atoms with van der Waals surface area (Å²) in [5.74, 6) is -0.285. The molecule has 4 heterocycles. The van der Waals surface area contributed by atoms with Crippen LogP contribution >= 0.6 is 0 Å². The lowest BCUT2D eigenvalue weighted by molar-refractivity contribution is -0.235. The molecular weight excluding hydrogens is 427 g/mol. The van der Waals surface area contributed by atoms with Crippen molar-refractivity contribution >= 4 is 22.9 Å². The van der Waals surface area contributed by atoms with Gasteiger partial charge in [-0.05, 0) is 19.1 Å². The van der Waals surface area contributed by atoms with Crippen LogP contribution in [-0.4, -0.2) is 58.6 Å². The Hall–Kier alpha value is -3.34. The Morgan fingerprint density at radius 3 is 2.78 bits per heavy atom. The predicted octanol–water partition coefficient (Wildman–Crippen LogP) is 3.07. The van der Waals surface area contributed by atoms with Crippen molar-refractivity contribution in [3.63, 3.8) is 0 Å². The van der Waals surface area contributed by atoms with Crippen molar-refractivity contribution in [1.82, 2.24) is 14.6 Å². The lowest BCUT2D eigenvalue weighted by atomic mass is 9.98. The molecule has 11 heteroatoms. The average Bonchev–Trinajstić information content (AvgIpc) is 3.34. The minimum atomic E-state index is -4.53. The van der Waals surface area contributed by atoms with Gasteiger partial charge in [0, 0.05) is 43.5 Å². The van der Waals surface area contributed by atoms with Crippen LogP contribution in [0.5, 0.6) is 5.75 Å². The number of fused-ring (bicyclic) bond motifs is 2. The number of amides is 1. The molecule has 1 N–H and O–H groups in total. The standard InChI is InChI=1S/C21H20F3N5O3/c1-20(21(22,23)24)11-13-9-15(16(10-17(13)32-20)28-5-7-31-8-6-28)27-19(30)14-12-26-29-4-2-3-25-18(14)29/h2-4,9-10,12H,5-8,11H2,1H3,(H,27,30). The maximum atomic E-state index is 13.6. The monoisotopic (exact) mass is 447 g/mol. The lowest BCUT2D eigenvalue weighted by Crippen LogP contribution is -2.46. The van der Waals surface area contributed by atoms with Crippen LogP contribution in [0.25, 0.3) is 5.65 Å². The molecule has 8 nitrogen and oxygen atoms in total. The van der Waals surface area contributed by atoms with Gasteiger partial charge in [-0.3, -0.25) is 4.79 Å². The summed E-state index contributed by atoms with van der Waals surface area (Å²) in [5.41, 5.74) is -0.304. The Morgan fingerprint density at radius 2 is 2.03 bits per heavy atom. The van der Waals surface area contributed by atoms with Gasteiger partial charge in [0.15, 0.2) is 5.65 Å². The van der Waals surface area contributed by atoms with Crippen LogP contribution in [0.1, 0.15) is 22.8 Å². The van der Waals surface area contributed by atoms with Gasteiger partial charge < -0.3 is 19.7 Å². The number of ether oxygens (including phenoxy) is 2. The van der Waals surface area contributed by atoms with Crippen molar-refractivity contribution in [3.8, 4) is 5.75 Å².